The van der Waals surface area contributed by atoms with E-state index in [1.165, 1.54) is 6.26 Å². The number of amides is 1. The normalized spacial score (nSPS) is 10.6. The molecule has 1 heterocycles. The van der Waals surface area contributed by atoms with Crippen molar-refractivity contribution in [2.45, 2.75) is 6.92 Å². The molecule has 2 aromatic carbocycles. The molecule has 22 heavy (non-hydrogen) atoms. The van der Waals surface area contributed by atoms with Crippen LogP contribution in [0.4, 0.5) is 5.69 Å². The minimum absolute atomic E-state index is 0.322. The maximum atomic E-state index is 12.5. The largest absolute Gasteiger partial charge is 0.430 e. The van der Waals surface area contributed by atoms with Crippen molar-refractivity contribution in [2.24, 2.45) is 0 Å². The highest BCUT2D eigenvalue weighted by Gasteiger charge is 2.14. The summed E-state index contributed by atoms with van der Waals surface area (Å²) in [6, 6.07) is 12.5. The molecule has 0 aliphatic carbocycles. The van der Waals surface area contributed by atoms with E-state index < -0.39 is 5.63 Å². The summed E-state index contributed by atoms with van der Waals surface area (Å²) in [5.41, 5.74) is 1.61. The lowest BCUT2D eigenvalue weighted by molar-refractivity contribution is 0.102. The van der Waals surface area contributed by atoms with Crippen molar-refractivity contribution in [3.63, 3.8) is 0 Å². The molecule has 0 spiro atoms. The van der Waals surface area contributed by atoms with E-state index in [2.05, 4.69) is 21.2 Å². The summed E-state index contributed by atoms with van der Waals surface area (Å²) in [5, 5.41) is 3.77. The second-order valence-corrected chi connectivity index (χ2v) is 5.77. The molecule has 0 aliphatic rings. The van der Waals surface area contributed by atoms with Gasteiger partial charge in [-0.15, -0.1) is 0 Å². The quantitative estimate of drug-likeness (QED) is 0.750. The summed E-state index contributed by atoms with van der Waals surface area (Å²) in [4.78, 5) is 24.2. The van der Waals surface area contributed by atoms with Crippen LogP contribution in [0.2, 0.25) is 0 Å². The minimum atomic E-state index is -0.455. The smallest absolute Gasteiger partial charge is 0.343 e. The van der Waals surface area contributed by atoms with Crippen LogP contribution >= 0.6 is 15.9 Å². The van der Waals surface area contributed by atoms with Gasteiger partial charge in [0.05, 0.1) is 16.6 Å². The summed E-state index contributed by atoms with van der Waals surface area (Å²) < 4.78 is 5.75. The number of hydrogen-bond acceptors (Lipinski definition) is 3. The molecule has 0 atom stereocenters. The summed E-state index contributed by atoms with van der Waals surface area (Å²) >= 11 is 3.42. The third kappa shape index (κ3) is 2.67. The third-order valence-corrected chi connectivity index (χ3v) is 3.99. The first-order valence-electron chi connectivity index (χ1n) is 6.64. The molecule has 0 saturated heterocycles. The maximum Gasteiger partial charge on any atom is 0.343 e. The topological polar surface area (TPSA) is 59.3 Å². The van der Waals surface area contributed by atoms with Crippen molar-refractivity contribution in [1.29, 1.82) is 0 Å². The Kier molecular flexibility index (Phi) is 3.81. The van der Waals surface area contributed by atoms with E-state index in [-0.39, 0.29) is 5.91 Å². The molecular formula is C17H12BrNO3. The fraction of sp³-hybridized carbons (Fsp3) is 0.0588. The molecule has 1 amide bonds. The van der Waals surface area contributed by atoms with Gasteiger partial charge in [0.25, 0.3) is 5.91 Å². The number of nitrogens with one attached hydrogen (secondary N) is 1. The van der Waals surface area contributed by atoms with E-state index in [9.17, 15) is 9.59 Å². The zero-order valence-corrected chi connectivity index (χ0v) is 13.3. The van der Waals surface area contributed by atoms with Gasteiger partial charge in [0.2, 0.25) is 0 Å². The van der Waals surface area contributed by atoms with Gasteiger partial charge < -0.3 is 9.73 Å². The number of carbonyl (C=O) groups excluding carboxylic acids is 1. The van der Waals surface area contributed by atoms with Crippen molar-refractivity contribution in [3.05, 3.63) is 74.7 Å². The van der Waals surface area contributed by atoms with Gasteiger partial charge in [-0.2, -0.15) is 0 Å². The van der Waals surface area contributed by atoms with Crippen molar-refractivity contribution in [1.82, 2.24) is 0 Å². The Hall–Kier alpha value is -2.40. The van der Waals surface area contributed by atoms with Crippen molar-refractivity contribution < 1.29 is 9.21 Å². The Bertz CT molecular complexity index is 931. The van der Waals surface area contributed by atoms with E-state index in [0.29, 0.717) is 22.0 Å². The summed E-state index contributed by atoms with van der Waals surface area (Å²) in [6.07, 6.45) is 1.20. The lowest BCUT2D eigenvalue weighted by Crippen LogP contribution is -2.14. The number of hydrogen-bond donors (Lipinski definition) is 1. The molecule has 3 aromatic rings. The van der Waals surface area contributed by atoms with Gasteiger partial charge in [-0.05, 0) is 46.6 Å². The van der Waals surface area contributed by atoms with Crippen LogP contribution in [0.5, 0.6) is 0 Å². The highest BCUT2D eigenvalue weighted by Crippen LogP contribution is 2.25. The van der Waals surface area contributed by atoms with Crippen LogP contribution in [0.15, 0.2) is 62.4 Å². The van der Waals surface area contributed by atoms with Crippen LogP contribution in [0.3, 0.4) is 0 Å². The second kappa shape index (κ2) is 5.77. The lowest BCUT2D eigenvalue weighted by Gasteiger charge is -2.09. The van der Waals surface area contributed by atoms with E-state index >= 15 is 0 Å². The van der Waals surface area contributed by atoms with Gasteiger partial charge in [0.1, 0.15) is 6.26 Å². The van der Waals surface area contributed by atoms with Gasteiger partial charge in [0, 0.05) is 9.86 Å². The fourth-order valence-corrected chi connectivity index (χ4v) is 2.81. The molecule has 0 radical (unpaired) electrons. The molecule has 0 bridgehead atoms. The number of rotatable bonds is 2. The first kappa shape index (κ1) is 14.5. The Labute approximate surface area is 134 Å². The highest BCUT2D eigenvalue weighted by atomic mass is 79.9. The highest BCUT2D eigenvalue weighted by molar-refractivity contribution is 9.10. The molecule has 0 saturated carbocycles. The number of fused-ring (bicyclic) bond motifs is 1. The van der Waals surface area contributed by atoms with Crippen LogP contribution in [-0.2, 0) is 0 Å². The first-order valence-corrected chi connectivity index (χ1v) is 7.43. The molecule has 0 aliphatic heterocycles. The molecule has 1 aromatic heterocycles. The summed E-state index contributed by atoms with van der Waals surface area (Å²) in [6.45, 7) is 1.97. The lowest BCUT2D eigenvalue weighted by atomic mass is 10.1. The molecule has 4 nitrogen and oxygen atoms in total. The third-order valence-electron chi connectivity index (χ3n) is 3.34. The zero-order valence-electron chi connectivity index (χ0n) is 11.7. The average Bonchev–Trinajstić information content (AvgIpc) is 2.50. The van der Waals surface area contributed by atoms with Crippen molar-refractivity contribution >= 4 is 38.3 Å². The van der Waals surface area contributed by atoms with Crippen LogP contribution in [0.25, 0.3) is 10.8 Å². The van der Waals surface area contributed by atoms with Gasteiger partial charge in [0.15, 0.2) is 0 Å². The molecule has 5 heteroatoms. The Morgan fingerprint density at radius 2 is 1.86 bits per heavy atom. The first-order chi connectivity index (χ1) is 10.6. The Morgan fingerprint density at radius 1 is 1.14 bits per heavy atom. The van der Waals surface area contributed by atoms with Crippen LogP contribution < -0.4 is 10.9 Å². The van der Waals surface area contributed by atoms with E-state index in [0.717, 1.165) is 10.0 Å². The number of anilines is 1. The molecule has 1 N–H and O–H groups in total. The molecular weight excluding hydrogens is 346 g/mol. The molecule has 3 rings (SSSR count). The molecule has 0 fully saturated rings. The number of halogens is 1. The zero-order chi connectivity index (χ0) is 15.7. The fourth-order valence-electron chi connectivity index (χ4n) is 2.22. The minimum Gasteiger partial charge on any atom is -0.430 e. The predicted octanol–water partition coefficient (Wildman–Crippen LogP) is 4.12. The summed E-state index contributed by atoms with van der Waals surface area (Å²) in [5.74, 6) is -0.329. The van der Waals surface area contributed by atoms with Gasteiger partial charge in [-0.25, -0.2) is 4.79 Å². The molecule has 110 valence electrons. The van der Waals surface area contributed by atoms with E-state index in [1.807, 2.05) is 25.1 Å². The Morgan fingerprint density at radius 3 is 2.59 bits per heavy atom. The van der Waals surface area contributed by atoms with Gasteiger partial charge in [-0.1, -0.05) is 24.3 Å². The summed E-state index contributed by atoms with van der Waals surface area (Å²) in [7, 11) is 0. The second-order valence-electron chi connectivity index (χ2n) is 4.92. The average molecular weight is 358 g/mol. The number of carbonyl (C=O) groups is 1. The Balaban J connectivity index is 2.03. The standard InChI is InChI=1S/C17H12BrNO3/c1-10-6-7-15(14(18)8-10)19-16(20)13-9-22-17(21)12-5-3-2-4-11(12)13/h2-9H,1H3,(H,19,20). The van der Waals surface area contributed by atoms with Gasteiger partial charge in [-0.3, -0.25) is 4.79 Å². The van der Waals surface area contributed by atoms with E-state index in [4.69, 9.17) is 4.42 Å². The van der Waals surface area contributed by atoms with E-state index in [1.54, 1.807) is 24.3 Å². The van der Waals surface area contributed by atoms with Crippen molar-refractivity contribution in [2.75, 3.05) is 5.32 Å². The van der Waals surface area contributed by atoms with Crippen LogP contribution in [0, 0.1) is 6.92 Å². The van der Waals surface area contributed by atoms with Crippen LogP contribution in [-0.4, -0.2) is 5.91 Å². The number of aryl methyl sites for hydroxylation is 1. The number of benzene rings is 2. The molecule has 0 unspecified atom stereocenters. The predicted molar refractivity (Wildman–Crippen MR) is 89.3 cm³/mol. The SMILES string of the molecule is Cc1ccc(NC(=O)c2coc(=O)c3ccccc23)c(Br)c1. The maximum absolute atomic E-state index is 12.5. The van der Waals surface area contributed by atoms with Gasteiger partial charge >= 0.3 is 5.63 Å². The monoisotopic (exact) mass is 357 g/mol. The van der Waals surface area contributed by atoms with Crippen molar-refractivity contribution in [3.8, 4) is 0 Å². The van der Waals surface area contributed by atoms with Crippen LogP contribution in [0.1, 0.15) is 15.9 Å².